The first-order valence-corrected chi connectivity index (χ1v) is 21.2. The third-order valence-corrected chi connectivity index (χ3v) is 13.1. The molecule has 2 aliphatic carbocycles. The van der Waals surface area contributed by atoms with Crippen LogP contribution in [0.3, 0.4) is 0 Å². The number of para-hydroxylation sites is 1. The predicted molar refractivity (Wildman–Crippen MR) is 235 cm³/mol. The van der Waals surface area contributed by atoms with Gasteiger partial charge in [0.1, 0.15) is 0 Å². The van der Waals surface area contributed by atoms with Crippen LogP contribution in [0.2, 0.25) is 0 Å². The van der Waals surface area contributed by atoms with Crippen LogP contribution in [0, 0.1) is 0 Å². The lowest BCUT2D eigenvalue weighted by atomic mass is 9.49. The molecule has 5 aliphatic rings. The Bertz CT molecular complexity index is 2120. The Kier molecular flexibility index (Phi) is 15.8. The fourth-order valence-electron chi connectivity index (χ4n) is 10.2. The van der Waals surface area contributed by atoms with Crippen LogP contribution in [0.1, 0.15) is 75.0 Å². The number of carbonyl (C=O) groups is 5. The van der Waals surface area contributed by atoms with E-state index in [-0.39, 0.29) is 35.9 Å². The van der Waals surface area contributed by atoms with Crippen LogP contribution in [0.25, 0.3) is 0 Å². The number of carboxylic acid groups (broad SMARTS) is 3. The molecule has 3 aromatic rings. The molecule has 4 atom stereocenters. The number of benzene rings is 3. The molecule has 0 radical (unpaired) electrons. The van der Waals surface area contributed by atoms with E-state index in [1.165, 1.54) is 5.56 Å². The molecular formula is C47H58ClN3O12. The Morgan fingerprint density at radius 2 is 1.54 bits per heavy atom. The molecule has 2 saturated heterocycles. The summed E-state index contributed by atoms with van der Waals surface area (Å²) in [5.41, 5.74) is -0.0437. The summed E-state index contributed by atoms with van der Waals surface area (Å²) in [4.78, 5) is 62.5. The highest BCUT2D eigenvalue weighted by Gasteiger charge is 2.73. The molecule has 2 bridgehead atoms. The van der Waals surface area contributed by atoms with Gasteiger partial charge in [0.05, 0.1) is 23.9 Å². The topological polar surface area (TPSA) is 226 Å². The maximum atomic E-state index is 12.6. The molecule has 1 saturated carbocycles. The van der Waals surface area contributed by atoms with Crippen LogP contribution in [0.4, 0.5) is 5.69 Å². The molecule has 63 heavy (non-hydrogen) atoms. The third kappa shape index (κ3) is 9.92. The minimum Gasteiger partial charge on any atom is -0.504 e. The van der Waals surface area contributed by atoms with Crippen molar-refractivity contribution < 1.29 is 59.3 Å². The standard InChI is InChI=1S/C22H28N2O.C19H21NO4.C6H8O7.ClH/c1-2-22(25)24(20-11-7-4-8-12-20)21-14-17-23(18-15-21)16-13-19-9-5-3-6-10-19;1-2-8-20-9-7-18-15-11-3-4-12(21)16(15)24-17(18)13(22)5-6-19(18,23)14(20)10-11;7-3(8)1-6(13,5(11)12)2-4(9)10;/h3-12,21H,2,13-18H2,1H3;2-4,14,17,21,23H,1,5-10H2;13H,1-2H2,(H,7,8)(H,9,10)(H,11,12);1H/t;14-,17+,18+,19-;;/m.1../s1. The Hall–Kier alpha value is -5.32. The van der Waals surface area contributed by atoms with Gasteiger partial charge in [-0.15, -0.1) is 19.0 Å². The molecule has 6 N–H and O–H groups in total. The van der Waals surface area contributed by atoms with E-state index < -0.39 is 53.5 Å². The summed E-state index contributed by atoms with van der Waals surface area (Å²) < 4.78 is 5.98. The van der Waals surface area contributed by atoms with Crippen molar-refractivity contribution >= 4 is 47.7 Å². The zero-order valence-corrected chi connectivity index (χ0v) is 36.3. The number of piperidine rings is 2. The second-order valence-corrected chi connectivity index (χ2v) is 16.8. The molecule has 0 aromatic heterocycles. The van der Waals surface area contributed by atoms with Crippen molar-refractivity contribution in [1.82, 2.24) is 9.80 Å². The monoisotopic (exact) mass is 891 g/mol. The Labute approximate surface area is 373 Å². The van der Waals surface area contributed by atoms with Crippen LogP contribution in [0.15, 0.2) is 85.5 Å². The number of amides is 1. The van der Waals surface area contributed by atoms with Crippen molar-refractivity contribution in [3.8, 4) is 11.5 Å². The van der Waals surface area contributed by atoms with E-state index >= 15 is 0 Å². The lowest BCUT2D eigenvalue weighted by Crippen LogP contribution is -2.76. The number of carboxylic acids is 3. The molecule has 0 unspecified atom stereocenters. The average Bonchev–Trinajstić information content (AvgIpc) is 3.61. The van der Waals surface area contributed by atoms with E-state index in [4.69, 9.17) is 25.2 Å². The van der Waals surface area contributed by atoms with Gasteiger partial charge in [-0.1, -0.05) is 67.6 Å². The number of phenols is 1. The summed E-state index contributed by atoms with van der Waals surface area (Å²) in [6.07, 6.45) is 4.82. The molecule has 340 valence electrons. The highest BCUT2D eigenvalue weighted by molar-refractivity contribution is 5.94. The van der Waals surface area contributed by atoms with Gasteiger partial charge >= 0.3 is 17.9 Å². The number of Topliss-reactive ketones (excluding diaryl/α,β-unsaturated/α-hetero) is 1. The minimum absolute atomic E-state index is 0. The van der Waals surface area contributed by atoms with Crippen molar-refractivity contribution in [2.24, 2.45) is 0 Å². The van der Waals surface area contributed by atoms with Gasteiger partial charge < -0.3 is 45.2 Å². The van der Waals surface area contributed by atoms with Crippen LogP contribution in [-0.4, -0.2) is 132 Å². The number of hydrogen-bond donors (Lipinski definition) is 6. The van der Waals surface area contributed by atoms with Crippen molar-refractivity contribution in [2.45, 2.75) is 106 Å². The molecule has 1 spiro atoms. The number of ether oxygens (including phenoxy) is 1. The second-order valence-electron chi connectivity index (χ2n) is 16.8. The Balaban J connectivity index is 0.000000186. The second kappa shape index (κ2) is 20.5. The van der Waals surface area contributed by atoms with E-state index in [0.717, 1.165) is 68.8 Å². The largest absolute Gasteiger partial charge is 0.504 e. The van der Waals surface area contributed by atoms with Gasteiger partial charge in [-0.25, -0.2) is 4.79 Å². The van der Waals surface area contributed by atoms with E-state index in [0.29, 0.717) is 43.9 Å². The smallest absolute Gasteiger partial charge is 0.336 e. The number of phenolic OH excluding ortho intramolecular Hbond substituents is 1. The van der Waals surface area contributed by atoms with Crippen LogP contribution in [0.5, 0.6) is 11.5 Å². The van der Waals surface area contributed by atoms with E-state index in [2.05, 4.69) is 58.8 Å². The van der Waals surface area contributed by atoms with Crippen LogP contribution >= 0.6 is 12.4 Å². The SMILES string of the molecule is C=CCN1CC[C@]23c4c5ccc(O)c4O[C@H]2C(=O)CC[C@@]3(O)[C@H]1C5.CCC(=O)N(c1ccccc1)C1CCN(CCc2ccccc2)CC1.Cl.O=C(O)CC(O)(CC(=O)O)C(=O)O. The summed E-state index contributed by atoms with van der Waals surface area (Å²) in [5, 5.41) is 55.9. The normalized spacial score (nSPS) is 23.5. The average molecular weight is 892 g/mol. The predicted octanol–water partition coefficient (Wildman–Crippen LogP) is 4.61. The number of halogens is 1. The Morgan fingerprint density at radius 1 is 0.921 bits per heavy atom. The van der Waals surface area contributed by atoms with Crippen molar-refractivity contribution in [1.29, 1.82) is 0 Å². The van der Waals surface area contributed by atoms with Gasteiger partial charge in [-0.2, -0.15) is 0 Å². The van der Waals surface area contributed by atoms with Gasteiger partial charge in [0.2, 0.25) is 5.91 Å². The lowest BCUT2D eigenvalue weighted by molar-refractivity contribution is -0.187. The number of aliphatic carboxylic acids is 3. The fraction of sp³-hybridized carbons (Fsp3) is 0.468. The Morgan fingerprint density at radius 3 is 2.11 bits per heavy atom. The summed E-state index contributed by atoms with van der Waals surface area (Å²) in [7, 11) is 0. The summed E-state index contributed by atoms with van der Waals surface area (Å²) in [6, 6.07) is 24.6. The van der Waals surface area contributed by atoms with Gasteiger partial charge in [-0.3, -0.25) is 24.1 Å². The molecule has 3 aromatic carbocycles. The number of anilines is 1. The number of likely N-dealkylation sites (tertiary alicyclic amines) is 2. The van der Waals surface area contributed by atoms with E-state index in [9.17, 15) is 34.2 Å². The van der Waals surface area contributed by atoms with Crippen molar-refractivity contribution in [3.63, 3.8) is 0 Å². The van der Waals surface area contributed by atoms with Crippen LogP contribution in [-0.2, 0) is 42.2 Å². The molecule has 16 heteroatoms. The van der Waals surface area contributed by atoms with Crippen molar-refractivity contribution in [3.05, 3.63) is 102 Å². The molecule has 15 nitrogen and oxygen atoms in total. The molecule has 3 heterocycles. The summed E-state index contributed by atoms with van der Waals surface area (Å²) in [6.45, 7) is 10.5. The first-order chi connectivity index (χ1) is 29.6. The number of ketones is 1. The van der Waals surface area contributed by atoms with Gasteiger partial charge in [0, 0.05) is 68.9 Å². The fourth-order valence-corrected chi connectivity index (χ4v) is 10.2. The minimum atomic E-state index is -2.74. The number of aromatic hydroxyl groups is 1. The zero-order valence-electron chi connectivity index (χ0n) is 35.4. The highest BCUT2D eigenvalue weighted by Crippen LogP contribution is 2.64. The lowest BCUT2D eigenvalue weighted by Gasteiger charge is -2.62. The number of hydrogen-bond acceptors (Lipinski definition) is 11. The van der Waals surface area contributed by atoms with E-state index in [1.54, 1.807) is 6.07 Å². The number of carbonyl (C=O) groups excluding carboxylic acids is 2. The molecule has 3 aliphatic heterocycles. The van der Waals surface area contributed by atoms with Gasteiger partial charge in [0.25, 0.3) is 0 Å². The summed E-state index contributed by atoms with van der Waals surface area (Å²) in [5.74, 6) is -4.26. The molecule has 1 amide bonds. The van der Waals surface area contributed by atoms with E-state index in [1.807, 2.05) is 42.2 Å². The number of nitrogens with zero attached hydrogens (tertiary/aromatic N) is 3. The zero-order chi connectivity index (χ0) is 44.8. The molecular weight excluding hydrogens is 834 g/mol. The highest BCUT2D eigenvalue weighted by atomic mass is 35.5. The van der Waals surface area contributed by atoms with Gasteiger partial charge in [0.15, 0.2) is 29.0 Å². The first kappa shape index (κ1) is 48.7. The van der Waals surface area contributed by atoms with Crippen LogP contribution < -0.4 is 9.64 Å². The maximum Gasteiger partial charge on any atom is 0.336 e. The quantitative estimate of drug-likeness (QED) is 0.129. The first-order valence-electron chi connectivity index (χ1n) is 21.2. The number of aliphatic hydroxyl groups is 2. The van der Waals surface area contributed by atoms with Gasteiger partial charge in [-0.05, 0) is 67.9 Å². The third-order valence-electron chi connectivity index (χ3n) is 13.1. The summed E-state index contributed by atoms with van der Waals surface area (Å²) >= 11 is 0. The van der Waals surface area contributed by atoms with Crippen molar-refractivity contribution in [2.75, 3.05) is 37.6 Å². The number of rotatable bonds is 13. The molecule has 8 rings (SSSR count). The molecule has 3 fully saturated rings. The maximum absolute atomic E-state index is 12.6.